The van der Waals surface area contributed by atoms with Crippen LogP contribution in [0, 0.1) is 6.92 Å². The molecule has 0 aliphatic rings. The molecule has 2 aromatic heterocycles. The fourth-order valence-corrected chi connectivity index (χ4v) is 2.60. The van der Waals surface area contributed by atoms with Gasteiger partial charge in [0.25, 0.3) is 5.91 Å². The largest absolute Gasteiger partial charge is 0.321 e. The molecule has 0 atom stereocenters. The molecule has 0 aliphatic heterocycles. The van der Waals surface area contributed by atoms with Crippen LogP contribution in [0.1, 0.15) is 15.9 Å². The minimum atomic E-state index is -0.205. The number of hydrogen-bond donors (Lipinski definition) is 1. The summed E-state index contributed by atoms with van der Waals surface area (Å²) in [6, 6.07) is 11.1. The number of pyridine rings is 2. The fourth-order valence-electron chi connectivity index (χ4n) is 2.17. The van der Waals surface area contributed by atoms with Gasteiger partial charge in [-0.3, -0.25) is 9.78 Å². The number of anilines is 1. The highest BCUT2D eigenvalue weighted by atomic mass is 79.9. The van der Waals surface area contributed by atoms with Crippen molar-refractivity contribution in [3.8, 4) is 0 Å². The highest BCUT2D eigenvalue weighted by molar-refractivity contribution is 9.10. The summed E-state index contributed by atoms with van der Waals surface area (Å²) in [4.78, 5) is 20.8. The van der Waals surface area contributed by atoms with E-state index in [1.165, 1.54) is 0 Å². The van der Waals surface area contributed by atoms with Gasteiger partial charge in [0, 0.05) is 17.8 Å². The zero-order valence-electron chi connectivity index (χ0n) is 11.3. The third-order valence-corrected chi connectivity index (χ3v) is 3.86. The fraction of sp³-hybridized carbons (Fsp3) is 0.0625. The third kappa shape index (κ3) is 2.64. The monoisotopic (exact) mass is 341 g/mol. The second-order valence-electron chi connectivity index (χ2n) is 4.63. The summed E-state index contributed by atoms with van der Waals surface area (Å²) in [5, 5.41) is 3.84. The quantitative estimate of drug-likeness (QED) is 0.718. The van der Waals surface area contributed by atoms with Crippen molar-refractivity contribution in [2.75, 3.05) is 5.32 Å². The molecule has 0 aliphatic carbocycles. The van der Waals surface area contributed by atoms with Crippen LogP contribution in [0.3, 0.4) is 0 Å². The zero-order valence-corrected chi connectivity index (χ0v) is 12.9. The van der Waals surface area contributed by atoms with Crippen molar-refractivity contribution < 1.29 is 4.79 Å². The minimum absolute atomic E-state index is 0.205. The maximum Gasteiger partial charge on any atom is 0.258 e. The van der Waals surface area contributed by atoms with Gasteiger partial charge in [0.2, 0.25) is 0 Å². The Bertz CT molecular complexity index is 833. The average Bonchev–Trinajstić information content (AvgIpc) is 2.51. The average molecular weight is 342 g/mol. The minimum Gasteiger partial charge on any atom is -0.321 e. The summed E-state index contributed by atoms with van der Waals surface area (Å²) >= 11 is 3.29. The Morgan fingerprint density at radius 1 is 1.10 bits per heavy atom. The first-order valence-electron chi connectivity index (χ1n) is 6.43. The molecule has 1 N–H and O–H groups in total. The predicted octanol–water partition coefficient (Wildman–Crippen LogP) is 3.95. The van der Waals surface area contributed by atoms with E-state index in [0.29, 0.717) is 10.2 Å². The zero-order chi connectivity index (χ0) is 14.8. The van der Waals surface area contributed by atoms with Crippen molar-refractivity contribution in [3.63, 3.8) is 0 Å². The maximum atomic E-state index is 12.4. The van der Waals surface area contributed by atoms with E-state index in [9.17, 15) is 4.79 Å². The molecule has 0 radical (unpaired) electrons. The summed E-state index contributed by atoms with van der Waals surface area (Å²) in [7, 11) is 0. The number of fused-ring (bicyclic) bond motifs is 1. The first-order valence-corrected chi connectivity index (χ1v) is 7.22. The van der Waals surface area contributed by atoms with Crippen molar-refractivity contribution in [2.24, 2.45) is 0 Å². The van der Waals surface area contributed by atoms with E-state index >= 15 is 0 Å². The number of rotatable bonds is 2. The molecule has 1 aromatic carbocycles. The Hall–Kier alpha value is -2.27. The lowest BCUT2D eigenvalue weighted by Crippen LogP contribution is -2.13. The first kappa shape index (κ1) is 13.7. The molecular formula is C16H12BrN3O. The van der Waals surface area contributed by atoms with Gasteiger partial charge in [-0.05, 0) is 58.7 Å². The SMILES string of the molecule is Cc1ccc(NC(=O)c2cccnc2Br)c2cccnc12. The molecule has 3 rings (SSSR count). The molecule has 104 valence electrons. The second-order valence-corrected chi connectivity index (χ2v) is 5.38. The van der Waals surface area contributed by atoms with Gasteiger partial charge < -0.3 is 5.32 Å². The van der Waals surface area contributed by atoms with Crippen molar-refractivity contribution in [2.45, 2.75) is 6.92 Å². The topological polar surface area (TPSA) is 54.9 Å². The summed E-state index contributed by atoms with van der Waals surface area (Å²) < 4.78 is 0.525. The molecule has 21 heavy (non-hydrogen) atoms. The van der Waals surface area contributed by atoms with Crippen LogP contribution in [0.15, 0.2) is 53.4 Å². The molecule has 0 saturated heterocycles. The Morgan fingerprint density at radius 3 is 2.67 bits per heavy atom. The van der Waals surface area contributed by atoms with E-state index in [2.05, 4.69) is 31.2 Å². The lowest BCUT2D eigenvalue weighted by atomic mass is 10.1. The number of aromatic nitrogens is 2. The molecule has 0 spiro atoms. The molecular weight excluding hydrogens is 330 g/mol. The van der Waals surface area contributed by atoms with Gasteiger partial charge in [-0.1, -0.05) is 6.07 Å². The number of nitrogens with one attached hydrogen (secondary N) is 1. The van der Waals surface area contributed by atoms with Gasteiger partial charge in [0.15, 0.2) is 0 Å². The smallest absolute Gasteiger partial charge is 0.258 e. The van der Waals surface area contributed by atoms with E-state index in [4.69, 9.17) is 0 Å². The van der Waals surface area contributed by atoms with E-state index in [1.54, 1.807) is 24.5 Å². The molecule has 5 heteroatoms. The molecule has 0 unspecified atom stereocenters. The van der Waals surface area contributed by atoms with Crippen LogP contribution in [0.25, 0.3) is 10.9 Å². The number of nitrogens with zero attached hydrogens (tertiary/aromatic N) is 2. The number of benzene rings is 1. The lowest BCUT2D eigenvalue weighted by Gasteiger charge is -2.10. The van der Waals surface area contributed by atoms with Crippen molar-refractivity contribution in [3.05, 3.63) is 64.5 Å². The van der Waals surface area contributed by atoms with Crippen molar-refractivity contribution >= 4 is 38.4 Å². The van der Waals surface area contributed by atoms with Gasteiger partial charge >= 0.3 is 0 Å². The third-order valence-electron chi connectivity index (χ3n) is 3.22. The lowest BCUT2D eigenvalue weighted by molar-refractivity contribution is 0.102. The van der Waals surface area contributed by atoms with Gasteiger partial charge in [0.1, 0.15) is 4.60 Å². The van der Waals surface area contributed by atoms with Crippen molar-refractivity contribution in [1.82, 2.24) is 9.97 Å². The number of halogens is 1. The van der Waals surface area contributed by atoms with Crippen LogP contribution in [0.5, 0.6) is 0 Å². The molecule has 2 heterocycles. The van der Waals surface area contributed by atoms with Gasteiger partial charge in [-0.25, -0.2) is 4.98 Å². The first-order chi connectivity index (χ1) is 10.2. The Morgan fingerprint density at radius 2 is 1.86 bits per heavy atom. The van der Waals surface area contributed by atoms with E-state index in [0.717, 1.165) is 22.2 Å². The summed E-state index contributed by atoms with van der Waals surface area (Å²) in [5.41, 5.74) is 3.20. The molecule has 4 nitrogen and oxygen atoms in total. The van der Waals surface area contributed by atoms with Crippen molar-refractivity contribution in [1.29, 1.82) is 0 Å². The summed E-state index contributed by atoms with van der Waals surface area (Å²) in [6.07, 6.45) is 3.38. The van der Waals surface area contributed by atoms with E-state index in [-0.39, 0.29) is 5.91 Å². The van der Waals surface area contributed by atoms with Gasteiger partial charge in [0.05, 0.1) is 16.8 Å². The molecule has 1 amide bonds. The molecule has 0 fully saturated rings. The molecule has 0 bridgehead atoms. The number of hydrogen-bond acceptors (Lipinski definition) is 3. The van der Waals surface area contributed by atoms with Gasteiger partial charge in [-0.15, -0.1) is 0 Å². The van der Waals surface area contributed by atoms with Crippen LogP contribution in [0.2, 0.25) is 0 Å². The summed E-state index contributed by atoms with van der Waals surface area (Å²) in [6.45, 7) is 2.00. The standard InChI is InChI=1S/C16H12BrN3O/c1-10-6-7-13(11-4-2-8-18-14(10)11)20-16(21)12-5-3-9-19-15(12)17/h2-9H,1H3,(H,20,21). The molecule has 3 aromatic rings. The van der Waals surface area contributed by atoms with E-state index in [1.807, 2.05) is 31.2 Å². The Labute approximate surface area is 130 Å². The van der Waals surface area contributed by atoms with E-state index < -0.39 is 0 Å². The second kappa shape index (κ2) is 5.61. The number of carbonyl (C=O) groups excluding carboxylic acids is 1. The number of amides is 1. The number of carbonyl (C=O) groups is 1. The number of aryl methyl sites for hydroxylation is 1. The normalized spacial score (nSPS) is 10.6. The predicted molar refractivity (Wildman–Crippen MR) is 86.4 cm³/mol. The summed E-state index contributed by atoms with van der Waals surface area (Å²) in [5.74, 6) is -0.205. The molecule has 0 saturated carbocycles. The van der Waals surface area contributed by atoms with Crippen LogP contribution < -0.4 is 5.32 Å². The van der Waals surface area contributed by atoms with Crippen LogP contribution >= 0.6 is 15.9 Å². The Kier molecular flexibility index (Phi) is 3.66. The maximum absolute atomic E-state index is 12.4. The van der Waals surface area contributed by atoms with Crippen LogP contribution in [-0.2, 0) is 0 Å². The van der Waals surface area contributed by atoms with Crippen LogP contribution in [0.4, 0.5) is 5.69 Å². The van der Waals surface area contributed by atoms with Gasteiger partial charge in [-0.2, -0.15) is 0 Å². The highest BCUT2D eigenvalue weighted by Crippen LogP contribution is 2.25. The Balaban J connectivity index is 2.01. The highest BCUT2D eigenvalue weighted by Gasteiger charge is 2.12. The van der Waals surface area contributed by atoms with Crippen LogP contribution in [-0.4, -0.2) is 15.9 Å².